The van der Waals surface area contributed by atoms with Gasteiger partial charge < -0.3 is 4.74 Å². The van der Waals surface area contributed by atoms with Crippen LogP contribution in [0.1, 0.15) is 33.3 Å². The minimum Gasteiger partial charge on any atom is -0.479 e. The average molecular weight is 265 g/mol. The Labute approximate surface area is 112 Å². The Morgan fingerprint density at radius 2 is 2.00 bits per heavy atom. The minimum absolute atomic E-state index is 0.0960. The number of nitro groups is 1. The van der Waals surface area contributed by atoms with Gasteiger partial charge in [-0.25, -0.2) is 0 Å². The SMILES string of the molecule is CCc1ccc(OCC(=O)C(C)(C)C)c([N+](=O)[O-])c1. The Morgan fingerprint density at radius 3 is 2.47 bits per heavy atom. The van der Waals surface area contributed by atoms with E-state index < -0.39 is 10.3 Å². The van der Waals surface area contributed by atoms with Crippen molar-refractivity contribution >= 4 is 11.5 Å². The number of rotatable bonds is 5. The van der Waals surface area contributed by atoms with Gasteiger partial charge in [-0.2, -0.15) is 0 Å². The van der Waals surface area contributed by atoms with Crippen molar-refractivity contribution < 1.29 is 14.5 Å². The van der Waals surface area contributed by atoms with Crippen molar-refractivity contribution in [1.82, 2.24) is 0 Å². The number of aryl methyl sites for hydroxylation is 1. The third-order valence-electron chi connectivity index (χ3n) is 2.82. The highest BCUT2D eigenvalue weighted by atomic mass is 16.6. The van der Waals surface area contributed by atoms with E-state index in [4.69, 9.17) is 4.74 Å². The third-order valence-corrected chi connectivity index (χ3v) is 2.82. The third kappa shape index (κ3) is 4.05. The van der Waals surface area contributed by atoms with Gasteiger partial charge in [0, 0.05) is 11.5 Å². The van der Waals surface area contributed by atoms with Gasteiger partial charge in [0.05, 0.1) is 4.92 Å². The van der Waals surface area contributed by atoms with Crippen LogP contribution in [0.5, 0.6) is 5.75 Å². The lowest BCUT2D eigenvalue weighted by Crippen LogP contribution is -2.26. The summed E-state index contributed by atoms with van der Waals surface area (Å²) in [4.78, 5) is 22.2. The first-order valence-electron chi connectivity index (χ1n) is 6.19. The average Bonchev–Trinajstić information content (AvgIpc) is 2.34. The van der Waals surface area contributed by atoms with Crippen LogP contribution in [0.4, 0.5) is 5.69 Å². The molecule has 0 heterocycles. The molecule has 1 rings (SSSR count). The summed E-state index contributed by atoms with van der Waals surface area (Å²) in [5.41, 5.74) is 0.250. The molecule has 0 aromatic heterocycles. The smallest absolute Gasteiger partial charge is 0.311 e. The Kier molecular flexibility index (Phi) is 4.64. The van der Waals surface area contributed by atoms with Crippen molar-refractivity contribution in [3.63, 3.8) is 0 Å². The van der Waals surface area contributed by atoms with Gasteiger partial charge in [0.2, 0.25) is 0 Å². The Bertz CT molecular complexity index is 489. The zero-order chi connectivity index (χ0) is 14.6. The fourth-order valence-electron chi connectivity index (χ4n) is 1.41. The maximum atomic E-state index is 11.7. The Hall–Kier alpha value is -1.91. The van der Waals surface area contributed by atoms with Crippen LogP contribution in [0.2, 0.25) is 0 Å². The molecule has 0 aliphatic carbocycles. The zero-order valence-corrected chi connectivity index (χ0v) is 11.7. The fraction of sp³-hybridized carbons (Fsp3) is 0.500. The molecule has 0 N–H and O–H groups in total. The molecule has 0 unspecified atom stereocenters. The molecule has 5 nitrogen and oxygen atoms in total. The van der Waals surface area contributed by atoms with Gasteiger partial charge in [0.25, 0.3) is 0 Å². The quantitative estimate of drug-likeness (QED) is 0.605. The number of benzene rings is 1. The Morgan fingerprint density at radius 1 is 1.37 bits per heavy atom. The predicted molar refractivity (Wildman–Crippen MR) is 72.4 cm³/mol. The summed E-state index contributed by atoms with van der Waals surface area (Å²) in [7, 11) is 0. The number of ketones is 1. The van der Waals surface area contributed by atoms with E-state index >= 15 is 0 Å². The van der Waals surface area contributed by atoms with E-state index in [1.165, 1.54) is 6.07 Å². The molecule has 104 valence electrons. The topological polar surface area (TPSA) is 69.4 Å². The van der Waals surface area contributed by atoms with Gasteiger partial charge >= 0.3 is 5.69 Å². The summed E-state index contributed by atoms with van der Waals surface area (Å²) in [6.07, 6.45) is 0.710. The van der Waals surface area contributed by atoms with E-state index in [0.717, 1.165) is 5.56 Å². The van der Waals surface area contributed by atoms with Crippen molar-refractivity contribution in [3.05, 3.63) is 33.9 Å². The largest absolute Gasteiger partial charge is 0.479 e. The number of ether oxygens (including phenoxy) is 1. The van der Waals surface area contributed by atoms with Crippen LogP contribution in [-0.2, 0) is 11.2 Å². The van der Waals surface area contributed by atoms with Crippen LogP contribution in [-0.4, -0.2) is 17.3 Å². The van der Waals surface area contributed by atoms with Crippen LogP contribution < -0.4 is 4.74 Å². The van der Waals surface area contributed by atoms with Gasteiger partial charge in [0.1, 0.15) is 6.61 Å². The van der Waals surface area contributed by atoms with Crippen LogP contribution in [0.3, 0.4) is 0 Å². The second kappa shape index (κ2) is 5.82. The monoisotopic (exact) mass is 265 g/mol. The van der Waals surface area contributed by atoms with Crippen molar-refractivity contribution in [1.29, 1.82) is 0 Å². The maximum Gasteiger partial charge on any atom is 0.311 e. The van der Waals surface area contributed by atoms with Crippen molar-refractivity contribution in [2.24, 2.45) is 5.41 Å². The van der Waals surface area contributed by atoms with E-state index in [-0.39, 0.29) is 23.8 Å². The van der Waals surface area contributed by atoms with Crippen molar-refractivity contribution in [2.75, 3.05) is 6.61 Å². The molecule has 0 saturated heterocycles. The first-order chi connectivity index (χ1) is 8.75. The zero-order valence-electron chi connectivity index (χ0n) is 11.7. The highest BCUT2D eigenvalue weighted by Gasteiger charge is 2.23. The van der Waals surface area contributed by atoms with E-state index in [2.05, 4.69) is 0 Å². The first-order valence-corrected chi connectivity index (χ1v) is 6.19. The molecule has 0 fully saturated rings. The molecule has 1 aromatic carbocycles. The lowest BCUT2D eigenvalue weighted by Gasteiger charge is -2.16. The van der Waals surface area contributed by atoms with E-state index in [9.17, 15) is 14.9 Å². The number of carbonyl (C=O) groups is 1. The summed E-state index contributed by atoms with van der Waals surface area (Å²) in [6, 6.07) is 4.80. The van der Waals surface area contributed by atoms with Gasteiger partial charge in [-0.15, -0.1) is 0 Å². The molecule has 0 radical (unpaired) electrons. The predicted octanol–water partition coefficient (Wildman–Crippen LogP) is 3.15. The molecular formula is C14H19NO4. The molecule has 0 aliphatic heterocycles. The lowest BCUT2D eigenvalue weighted by atomic mass is 9.91. The number of carbonyl (C=O) groups excluding carboxylic acids is 1. The number of hydrogen-bond acceptors (Lipinski definition) is 4. The summed E-state index contributed by atoms with van der Waals surface area (Å²) in [6.45, 7) is 7.12. The first kappa shape index (κ1) is 15.1. The highest BCUT2D eigenvalue weighted by molar-refractivity contribution is 5.85. The molecule has 0 aliphatic rings. The van der Waals surface area contributed by atoms with E-state index in [1.54, 1.807) is 32.9 Å². The summed E-state index contributed by atoms with van der Waals surface area (Å²) >= 11 is 0. The molecule has 0 amide bonds. The highest BCUT2D eigenvalue weighted by Crippen LogP contribution is 2.28. The standard InChI is InChI=1S/C14H19NO4/c1-5-10-6-7-12(11(8-10)15(17)18)19-9-13(16)14(2,3)4/h6-8H,5,9H2,1-4H3. The van der Waals surface area contributed by atoms with Crippen molar-refractivity contribution in [2.45, 2.75) is 34.1 Å². The molecule has 0 atom stereocenters. The maximum absolute atomic E-state index is 11.7. The van der Waals surface area contributed by atoms with Gasteiger partial charge in [-0.1, -0.05) is 33.8 Å². The van der Waals surface area contributed by atoms with Gasteiger partial charge in [-0.05, 0) is 18.1 Å². The van der Waals surface area contributed by atoms with Crippen molar-refractivity contribution in [3.8, 4) is 5.75 Å². The van der Waals surface area contributed by atoms with Crippen LogP contribution in [0, 0.1) is 15.5 Å². The molecule has 1 aromatic rings. The number of Topliss-reactive ketones (excluding diaryl/α,β-unsaturated/α-hetero) is 1. The van der Waals surface area contributed by atoms with Gasteiger partial charge in [-0.3, -0.25) is 14.9 Å². The normalized spacial score (nSPS) is 11.2. The van der Waals surface area contributed by atoms with Crippen LogP contribution >= 0.6 is 0 Å². The Balaban J connectivity index is 2.90. The molecule has 0 bridgehead atoms. The molecule has 0 spiro atoms. The minimum atomic E-state index is -0.516. The number of nitrogens with zero attached hydrogens (tertiary/aromatic N) is 1. The molecule has 5 heteroatoms. The molecule has 0 saturated carbocycles. The molecule has 19 heavy (non-hydrogen) atoms. The second-order valence-electron chi connectivity index (χ2n) is 5.37. The van der Waals surface area contributed by atoms with Gasteiger partial charge in [0.15, 0.2) is 11.5 Å². The van der Waals surface area contributed by atoms with Crippen LogP contribution in [0.25, 0.3) is 0 Å². The van der Waals surface area contributed by atoms with Crippen LogP contribution in [0.15, 0.2) is 18.2 Å². The lowest BCUT2D eigenvalue weighted by molar-refractivity contribution is -0.385. The fourth-order valence-corrected chi connectivity index (χ4v) is 1.41. The summed E-state index contributed by atoms with van der Waals surface area (Å²) < 4.78 is 5.30. The van der Waals surface area contributed by atoms with E-state index in [1.807, 2.05) is 6.92 Å². The molecular weight excluding hydrogens is 246 g/mol. The number of hydrogen-bond donors (Lipinski definition) is 0. The second-order valence-corrected chi connectivity index (χ2v) is 5.37. The summed E-state index contributed by atoms with van der Waals surface area (Å²) in [5, 5.41) is 11.0. The van der Waals surface area contributed by atoms with E-state index in [0.29, 0.717) is 6.42 Å². The summed E-state index contributed by atoms with van der Waals surface area (Å²) in [5.74, 6) is 0.0427. The number of nitro benzene ring substituents is 1.